The van der Waals surface area contributed by atoms with Crippen molar-refractivity contribution < 1.29 is 8.63 Å². The molecule has 2 nitrogen and oxygen atoms in total. The van der Waals surface area contributed by atoms with E-state index in [2.05, 4.69) is 28.7 Å². The Hall–Kier alpha value is -1.14. The average Bonchev–Trinajstić information content (AvgIpc) is 2.79. The van der Waals surface area contributed by atoms with Gasteiger partial charge in [-0.25, -0.2) is 0 Å². The van der Waals surface area contributed by atoms with E-state index >= 15 is 0 Å². The molecule has 0 N–H and O–H groups in total. The molecule has 0 aliphatic rings. The highest BCUT2D eigenvalue weighted by atomic mass is 127. The molecular weight excluding hydrogens is 383 g/mol. The van der Waals surface area contributed by atoms with Crippen LogP contribution >= 0.6 is 22.6 Å². The van der Waals surface area contributed by atoms with E-state index in [9.17, 15) is 4.21 Å². The number of hydrogen-bond acceptors (Lipinski definition) is 2. The lowest BCUT2D eigenvalue weighted by molar-refractivity contribution is 0.620. The molecule has 1 heterocycles. The van der Waals surface area contributed by atoms with Crippen LogP contribution in [-0.4, -0.2) is 10.5 Å². The second-order valence-electron chi connectivity index (χ2n) is 4.68. The van der Waals surface area contributed by atoms with Gasteiger partial charge in [-0.15, -0.1) is 0 Å². The third-order valence-corrected chi connectivity index (χ3v) is 4.82. The molecule has 0 fully saturated rings. The van der Waals surface area contributed by atoms with Crippen LogP contribution in [0.2, 0.25) is 0 Å². The molecule has 0 aliphatic heterocycles. The van der Waals surface area contributed by atoms with Gasteiger partial charge in [0.05, 0.1) is 15.7 Å². The lowest BCUT2D eigenvalue weighted by Gasteiger charge is -1.99. The number of fused-ring (bicyclic) bond motifs is 1. The summed E-state index contributed by atoms with van der Waals surface area (Å²) in [7, 11) is -1.10. The molecule has 0 bridgehead atoms. The van der Waals surface area contributed by atoms with Crippen LogP contribution in [0.4, 0.5) is 0 Å². The zero-order chi connectivity index (χ0) is 14.3. The largest absolute Gasteiger partial charge is 0.454 e. The van der Waals surface area contributed by atoms with Gasteiger partial charge in [0.2, 0.25) is 0 Å². The first-order valence-electron chi connectivity index (χ1n) is 6.19. The summed E-state index contributed by atoms with van der Waals surface area (Å²) in [6, 6.07) is 14.0. The molecule has 0 saturated heterocycles. The lowest BCUT2D eigenvalue weighted by atomic mass is 10.1. The minimum absolute atomic E-state index is 0.714. The molecule has 2 aromatic carbocycles. The van der Waals surface area contributed by atoms with E-state index < -0.39 is 10.8 Å². The summed E-state index contributed by atoms with van der Waals surface area (Å²) in [6.07, 6.45) is 1.70. The van der Waals surface area contributed by atoms with Crippen LogP contribution in [0.3, 0.4) is 0 Å². The second-order valence-corrected chi connectivity index (χ2v) is 7.24. The minimum Gasteiger partial charge on any atom is -0.454 e. The van der Waals surface area contributed by atoms with Gasteiger partial charge in [-0.05, 0) is 47.2 Å². The normalized spacial score (nSPS) is 12.8. The van der Waals surface area contributed by atoms with Gasteiger partial charge in [-0.2, -0.15) is 0 Å². The van der Waals surface area contributed by atoms with Gasteiger partial charge in [0.15, 0.2) is 5.76 Å². The van der Waals surface area contributed by atoms with Crippen molar-refractivity contribution in [3.05, 3.63) is 51.6 Å². The Morgan fingerprint density at radius 2 is 1.85 bits per heavy atom. The van der Waals surface area contributed by atoms with E-state index in [0.29, 0.717) is 5.76 Å². The van der Waals surface area contributed by atoms with Crippen LogP contribution in [0.25, 0.3) is 22.3 Å². The molecule has 3 rings (SSSR count). The maximum atomic E-state index is 12.2. The van der Waals surface area contributed by atoms with Gasteiger partial charge in [0, 0.05) is 20.8 Å². The van der Waals surface area contributed by atoms with Crippen LogP contribution < -0.4 is 0 Å². The standard InChI is InChI=1S/C16H13IO2S/c1-10-8-12(17)9-13-14(10)19-15(16(13)20(2)18)11-6-4-3-5-7-11/h3-9H,1-2H3. The quantitative estimate of drug-likeness (QED) is 0.586. The van der Waals surface area contributed by atoms with Crippen LogP contribution in [-0.2, 0) is 10.8 Å². The predicted molar refractivity (Wildman–Crippen MR) is 91.4 cm³/mol. The van der Waals surface area contributed by atoms with Crippen molar-refractivity contribution >= 4 is 44.4 Å². The number of rotatable bonds is 2. The Bertz CT molecular complexity index is 806. The Labute approximate surface area is 133 Å². The molecule has 4 heteroatoms. The van der Waals surface area contributed by atoms with E-state index in [1.807, 2.05) is 43.3 Å². The highest BCUT2D eigenvalue weighted by molar-refractivity contribution is 14.1. The monoisotopic (exact) mass is 396 g/mol. The molecule has 102 valence electrons. The molecule has 20 heavy (non-hydrogen) atoms. The van der Waals surface area contributed by atoms with Crippen molar-refractivity contribution in [2.75, 3.05) is 6.26 Å². The van der Waals surface area contributed by atoms with Crippen LogP contribution in [0.1, 0.15) is 5.56 Å². The Morgan fingerprint density at radius 3 is 2.50 bits per heavy atom. The predicted octanol–water partition coefficient (Wildman–Crippen LogP) is 4.75. The fourth-order valence-electron chi connectivity index (χ4n) is 2.37. The molecule has 0 spiro atoms. The van der Waals surface area contributed by atoms with Crippen molar-refractivity contribution in [2.45, 2.75) is 11.8 Å². The average molecular weight is 396 g/mol. The first-order chi connectivity index (χ1) is 9.58. The topological polar surface area (TPSA) is 30.2 Å². The van der Waals surface area contributed by atoms with Crippen molar-refractivity contribution in [2.24, 2.45) is 0 Å². The number of aryl methyl sites for hydroxylation is 1. The fourth-order valence-corrected chi connectivity index (χ4v) is 4.03. The Kier molecular flexibility index (Phi) is 3.69. The summed E-state index contributed by atoms with van der Waals surface area (Å²) in [5.41, 5.74) is 2.86. The third kappa shape index (κ3) is 2.31. The van der Waals surface area contributed by atoms with E-state index in [4.69, 9.17) is 4.42 Å². The lowest BCUT2D eigenvalue weighted by Crippen LogP contribution is -1.89. The highest BCUT2D eigenvalue weighted by Crippen LogP contribution is 2.37. The summed E-state index contributed by atoms with van der Waals surface area (Å²) >= 11 is 2.28. The van der Waals surface area contributed by atoms with Crippen molar-refractivity contribution in [1.82, 2.24) is 0 Å². The number of hydrogen-bond donors (Lipinski definition) is 0. The molecule has 1 aromatic heterocycles. The highest BCUT2D eigenvalue weighted by Gasteiger charge is 2.20. The van der Waals surface area contributed by atoms with Gasteiger partial charge >= 0.3 is 0 Å². The van der Waals surface area contributed by atoms with Crippen LogP contribution in [0.5, 0.6) is 0 Å². The van der Waals surface area contributed by atoms with Crippen molar-refractivity contribution in [3.8, 4) is 11.3 Å². The fraction of sp³-hybridized carbons (Fsp3) is 0.125. The van der Waals surface area contributed by atoms with Gasteiger partial charge in [0.1, 0.15) is 5.58 Å². The molecular formula is C16H13IO2S. The van der Waals surface area contributed by atoms with E-state index in [1.54, 1.807) is 6.26 Å². The first kappa shape index (κ1) is 13.8. The van der Waals surface area contributed by atoms with Crippen molar-refractivity contribution in [3.63, 3.8) is 0 Å². The molecule has 3 aromatic rings. The number of halogens is 1. The minimum atomic E-state index is -1.10. The van der Waals surface area contributed by atoms with Gasteiger partial charge < -0.3 is 4.42 Å². The first-order valence-corrected chi connectivity index (χ1v) is 8.83. The Morgan fingerprint density at radius 1 is 1.15 bits per heavy atom. The van der Waals surface area contributed by atoms with E-state index in [0.717, 1.165) is 30.6 Å². The van der Waals surface area contributed by atoms with Gasteiger partial charge in [0.25, 0.3) is 0 Å². The molecule has 0 saturated carbocycles. The van der Waals surface area contributed by atoms with Gasteiger partial charge in [-0.3, -0.25) is 4.21 Å². The molecule has 1 atom stereocenters. The zero-order valence-electron chi connectivity index (χ0n) is 11.1. The number of furan rings is 1. The maximum Gasteiger partial charge on any atom is 0.151 e. The molecule has 1 unspecified atom stereocenters. The molecule has 0 amide bonds. The van der Waals surface area contributed by atoms with E-state index in [1.165, 1.54) is 0 Å². The summed E-state index contributed by atoms with van der Waals surface area (Å²) in [5.74, 6) is 0.714. The Balaban J connectivity index is 2.41. The van der Waals surface area contributed by atoms with E-state index in [-0.39, 0.29) is 0 Å². The summed E-state index contributed by atoms with van der Waals surface area (Å²) < 4.78 is 19.3. The zero-order valence-corrected chi connectivity index (χ0v) is 14.1. The summed E-state index contributed by atoms with van der Waals surface area (Å²) in [6.45, 7) is 2.02. The van der Waals surface area contributed by atoms with Crippen LogP contribution in [0.15, 0.2) is 51.8 Å². The number of benzene rings is 2. The SMILES string of the molecule is Cc1cc(I)cc2c(S(C)=O)c(-c3ccccc3)oc12. The van der Waals surface area contributed by atoms with Crippen LogP contribution in [0, 0.1) is 10.5 Å². The van der Waals surface area contributed by atoms with Crippen molar-refractivity contribution in [1.29, 1.82) is 0 Å². The molecule has 0 radical (unpaired) electrons. The molecule has 0 aliphatic carbocycles. The maximum absolute atomic E-state index is 12.2. The van der Waals surface area contributed by atoms with Gasteiger partial charge in [-0.1, -0.05) is 30.3 Å². The second kappa shape index (κ2) is 5.33. The summed E-state index contributed by atoms with van der Waals surface area (Å²) in [4.78, 5) is 0.785. The summed E-state index contributed by atoms with van der Waals surface area (Å²) in [5, 5.41) is 0.953. The third-order valence-electron chi connectivity index (χ3n) is 3.22. The smallest absolute Gasteiger partial charge is 0.151 e.